The monoisotopic (exact) mass is 287 g/mol. The fraction of sp³-hybridized carbons (Fsp3) is 0.444. The predicted octanol–water partition coefficient (Wildman–Crippen LogP) is -0.886. The standard InChI is InChI=1S/C9H13N5O4S/c1-6-7(4-15)9(13-12-6)19(16,17)11-3-2-8-10-5-18-14-8/h5,11,15H,2-4H2,1H3,(H,12,13). The average molecular weight is 287 g/mol. The number of hydrogen-bond donors (Lipinski definition) is 3. The number of rotatable bonds is 6. The van der Waals surface area contributed by atoms with Crippen LogP contribution in [0.1, 0.15) is 17.1 Å². The van der Waals surface area contributed by atoms with Gasteiger partial charge in [0.15, 0.2) is 10.9 Å². The second-order valence-corrected chi connectivity index (χ2v) is 5.47. The van der Waals surface area contributed by atoms with Gasteiger partial charge in [-0.3, -0.25) is 5.10 Å². The topological polar surface area (TPSA) is 134 Å². The first-order valence-corrected chi connectivity index (χ1v) is 6.92. The molecule has 10 heteroatoms. The first-order chi connectivity index (χ1) is 9.04. The number of aliphatic hydroxyl groups excluding tert-OH is 1. The van der Waals surface area contributed by atoms with Crippen LogP contribution in [0.5, 0.6) is 0 Å². The molecule has 0 radical (unpaired) electrons. The zero-order chi connectivity index (χ0) is 13.9. The summed E-state index contributed by atoms with van der Waals surface area (Å²) in [6, 6.07) is 0. The number of H-pyrrole nitrogens is 1. The molecule has 0 saturated heterocycles. The van der Waals surface area contributed by atoms with Crippen LogP contribution >= 0.6 is 0 Å². The summed E-state index contributed by atoms with van der Waals surface area (Å²) >= 11 is 0. The summed E-state index contributed by atoms with van der Waals surface area (Å²) in [5.41, 5.74) is 0.771. The molecule has 2 aromatic heterocycles. The van der Waals surface area contributed by atoms with E-state index in [1.165, 1.54) is 6.39 Å². The number of aliphatic hydroxyl groups is 1. The van der Waals surface area contributed by atoms with E-state index in [4.69, 9.17) is 5.11 Å². The molecule has 2 aromatic rings. The highest BCUT2D eigenvalue weighted by atomic mass is 32.2. The molecule has 104 valence electrons. The SMILES string of the molecule is Cc1[nH]nc(S(=O)(=O)NCCc2ncon2)c1CO. The molecule has 0 atom stereocenters. The van der Waals surface area contributed by atoms with Crippen LogP contribution < -0.4 is 4.72 Å². The minimum atomic E-state index is -3.77. The molecule has 0 unspecified atom stereocenters. The summed E-state index contributed by atoms with van der Waals surface area (Å²) in [6.07, 6.45) is 1.47. The van der Waals surface area contributed by atoms with E-state index >= 15 is 0 Å². The molecule has 19 heavy (non-hydrogen) atoms. The van der Waals surface area contributed by atoms with Crippen molar-refractivity contribution in [2.45, 2.75) is 25.0 Å². The Hall–Kier alpha value is -1.78. The largest absolute Gasteiger partial charge is 0.392 e. The molecule has 0 bridgehead atoms. The third-order valence-electron chi connectivity index (χ3n) is 2.50. The van der Waals surface area contributed by atoms with Crippen molar-refractivity contribution in [3.8, 4) is 0 Å². The van der Waals surface area contributed by atoms with Crippen LogP contribution in [0.25, 0.3) is 0 Å². The van der Waals surface area contributed by atoms with Crippen molar-refractivity contribution in [3.05, 3.63) is 23.5 Å². The van der Waals surface area contributed by atoms with Crippen molar-refractivity contribution in [1.29, 1.82) is 0 Å². The van der Waals surface area contributed by atoms with Crippen LogP contribution in [0.15, 0.2) is 15.9 Å². The van der Waals surface area contributed by atoms with E-state index in [2.05, 4.69) is 29.6 Å². The molecule has 9 nitrogen and oxygen atoms in total. The minimum Gasteiger partial charge on any atom is -0.392 e. The van der Waals surface area contributed by atoms with Gasteiger partial charge in [0.25, 0.3) is 10.0 Å². The molecule has 0 aromatic carbocycles. The Balaban J connectivity index is 2.05. The van der Waals surface area contributed by atoms with Gasteiger partial charge in [0.2, 0.25) is 6.39 Å². The number of aryl methyl sites for hydroxylation is 1. The fourth-order valence-corrected chi connectivity index (χ4v) is 2.72. The third kappa shape index (κ3) is 2.97. The summed E-state index contributed by atoms with van der Waals surface area (Å²) in [7, 11) is -3.77. The average Bonchev–Trinajstić information content (AvgIpc) is 2.98. The Kier molecular flexibility index (Phi) is 3.93. The lowest BCUT2D eigenvalue weighted by Crippen LogP contribution is -2.27. The first-order valence-electron chi connectivity index (χ1n) is 5.44. The molecule has 0 fully saturated rings. The zero-order valence-electron chi connectivity index (χ0n) is 10.1. The molecule has 0 aliphatic heterocycles. The Labute approximate surface area is 109 Å². The summed E-state index contributed by atoms with van der Waals surface area (Å²) in [4.78, 5) is 3.77. The van der Waals surface area contributed by atoms with E-state index < -0.39 is 16.6 Å². The highest BCUT2D eigenvalue weighted by molar-refractivity contribution is 7.89. The van der Waals surface area contributed by atoms with Crippen molar-refractivity contribution in [2.75, 3.05) is 6.54 Å². The maximum absolute atomic E-state index is 12.0. The quantitative estimate of drug-likeness (QED) is 0.627. The molecule has 0 spiro atoms. The maximum Gasteiger partial charge on any atom is 0.260 e. The van der Waals surface area contributed by atoms with Crippen LogP contribution in [0, 0.1) is 6.92 Å². The van der Waals surface area contributed by atoms with E-state index in [9.17, 15) is 8.42 Å². The molecule has 2 rings (SSSR count). The third-order valence-corrected chi connectivity index (χ3v) is 3.93. The number of sulfonamides is 1. The van der Waals surface area contributed by atoms with Gasteiger partial charge in [-0.05, 0) is 6.92 Å². The van der Waals surface area contributed by atoms with Gasteiger partial charge >= 0.3 is 0 Å². The van der Waals surface area contributed by atoms with E-state index in [-0.39, 0.29) is 17.1 Å². The van der Waals surface area contributed by atoms with Crippen molar-refractivity contribution in [3.63, 3.8) is 0 Å². The second kappa shape index (κ2) is 5.47. The van der Waals surface area contributed by atoms with Gasteiger partial charge < -0.3 is 9.63 Å². The lowest BCUT2D eigenvalue weighted by Gasteiger charge is -2.04. The highest BCUT2D eigenvalue weighted by Crippen LogP contribution is 2.15. The van der Waals surface area contributed by atoms with E-state index in [0.29, 0.717) is 17.9 Å². The first kappa shape index (κ1) is 13.6. The molecule has 3 N–H and O–H groups in total. The van der Waals surface area contributed by atoms with Crippen molar-refractivity contribution in [1.82, 2.24) is 25.1 Å². The number of aromatic nitrogens is 4. The fourth-order valence-electron chi connectivity index (χ4n) is 1.51. The second-order valence-electron chi connectivity index (χ2n) is 3.79. The summed E-state index contributed by atoms with van der Waals surface area (Å²) in [6.45, 7) is 1.35. The van der Waals surface area contributed by atoms with Gasteiger partial charge in [-0.2, -0.15) is 10.1 Å². The molecule has 0 aliphatic carbocycles. The molecule has 0 saturated carbocycles. The predicted molar refractivity (Wildman–Crippen MR) is 62.4 cm³/mol. The lowest BCUT2D eigenvalue weighted by molar-refractivity contribution is 0.277. The lowest BCUT2D eigenvalue weighted by atomic mass is 10.3. The van der Waals surface area contributed by atoms with E-state index in [0.717, 1.165) is 0 Å². The van der Waals surface area contributed by atoms with Crippen LogP contribution in [0.2, 0.25) is 0 Å². The van der Waals surface area contributed by atoms with Gasteiger partial charge in [-0.1, -0.05) is 5.16 Å². The summed E-state index contributed by atoms with van der Waals surface area (Å²) in [5.74, 6) is 0.406. The number of nitrogens with one attached hydrogen (secondary N) is 2. The van der Waals surface area contributed by atoms with E-state index in [1.54, 1.807) is 6.92 Å². The molecule has 0 amide bonds. The zero-order valence-corrected chi connectivity index (χ0v) is 10.9. The van der Waals surface area contributed by atoms with Crippen LogP contribution in [-0.4, -0.2) is 40.4 Å². The Morgan fingerprint density at radius 3 is 2.95 bits per heavy atom. The van der Waals surface area contributed by atoms with Crippen molar-refractivity contribution < 1.29 is 18.0 Å². The highest BCUT2D eigenvalue weighted by Gasteiger charge is 2.23. The van der Waals surface area contributed by atoms with E-state index in [1.807, 2.05) is 0 Å². The van der Waals surface area contributed by atoms with Gasteiger partial charge in [0.05, 0.1) is 6.61 Å². The van der Waals surface area contributed by atoms with Crippen LogP contribution in [0.3, 0.4) is 0 Å². The normalized spacial score (nSPS) is 11.9. The summed E-state index contributed by atoms with van der Waals surface area (Å²) < 4.78 is 30.9. The number of nitrogens with zero attached hydrogens (tertiary/aromatic N) is 3. The Morgan fingerprint density at radius 2 is 2.32 bits per heavy atom. The summed E-state index contributed by atoms with van der Waals surface area (Å²) in [5, 5.41) is 18.7. The Morgan fingerprint density at radius 1 is 1.53 bits per heavy atom. The van der Waals surface area contributed by atoms with Crippen LogP contribution in [-0.2, 0) is 23.1 Å². The van der Waals surface area contributed by atoms with Crippen molar-refractivity contribution >= 4 is 10.0 Å². The molecular weight excluding hydrogens is 274 g/mol. The smallest absolute Gasteiger partial charge is 0.260 e. The van der Waals surface area contributed by atoms with Gasteiger partial charge in [-0.25, -0.2) is 13.1 Å². The number of aromatic amines is 1. The molecule has 2 heterocycles. The maximum atomic E-state index is 12.0. The van der Waals surface area contributed by atoms with Crippen LogP contribution in [0.4, 0.5) is 0 Å². The van der Waals surface area contributed by atoms with Gasteiger partial charge in [0.1, 0.15) is 0 Å². The van der Waals surface area contributed by atoms with Gasteiger partial charge in [-0.15, -0.1) is 0 Å². The van der Waals surface area contributed by atoms with Gasteiger partial charge in [0, 0.05) is 24.2 Å². The molecular formula is C9H13N5O4S. The molecule has 0 aliphatic rings. The Bertz CT molecular complexity index is 634. The number of hydrogen-bond acceptors (Lipinski definition) is 7. The van der Waals surface area contributed by atoms with Crippen molar-refractivity contribution in [2.24, 2.45) is 0 Å². The minimum absolute atomic E-state index is 0.110.